The summed E-state index contributed by atoms with van der Waals surface area (Å²) in [6, 6.07) is 12.7. The van der Waals surface area contributed by atoms with E-state index in [-0.39, 0.29) is 30.9 Å². The summed E-state index contributed by atoms with van der Waals surface area (Å²) in [7, 11) is 1.74. The summed E-state index contributed by atoms with van der Waals surface area (Å²) in [4.78, 5) is 0. The largest absolute Gasteiger partial charge is 0.375 e. The normalized spacial score (nSPS) is 12.3. The molecule has 0 saturated carbocycles. The van der Waals surface area contributed by atoms with Gasteiger partial charge in [-0.2, -0.15) is 0 Å². The predicted molar refractivity (Wildman–Crippen MR) is 74.3 cm³/mol. The first kappa shape index (κ1) is 14.6. The summed E-state index contributed by atoms with van der Waals surface area (Å²) < 4.78 is 32.6. The molecule has 0 heterocycles. The highest BCUT2D eigenvalue weighted by molar-refractivity contribution is 5.21. The predicted octanol–water partition coefficient (Wildman–Crippen LogP) is 3.44. The molecule has 0 fully saturated rings. The van der Waals surface area contributed by atoms with Gasteiger partial charge in [0.1, 0.15) is 11.6 Å². The second-order valence-electron chi connectivity index (χ2n) is 4.47. The van der Waals surface area contributed by atoms with Crippen molar-refractivity contribution in [3.8, 4) is 0 Å². The molecule has 0 aromatic heterocycles. The average Bonchev–Trinajstić information content (AvgIpc) is 2.46. The first-order valence-corrected chi connectivity index (χ1v) is 6.45. The Balaban J connectivity index is 1.95. The molecule has 0 aliphatic heterocycles. The van der Waals surface area contributed by atoms with Crippen molar-refractivity contribution < 1.29 is 13.5 Å². The van der Waals surface area contributed by atoms with Gasteiger partial charge < -0.3 is 10.1 Å². The molecule has 0 radical (unpaired) electrons. The van der Waals surface area contributed by atoms with Gasteiger partial charge in [-0.1, -0.05) is 36.4 Å². The second-order valence-corrected chi connectivity index (χ2v) is 4.47. The van der Waals surface area contributed by atoms with Crippen LogP contribution in [0.5, 0.6) is 0 Å². The van der Waals surface area contributed by atoms with Gasteiger partial charge in [-0.3, -0.25) is 0 Å². The van der Waals surface area contributed by atoms with Crippen molar-refractivity contribution in [2.45, 2.75) is 12.6 Å². The number of hydrogen-bond donors (Lipinski definition) is 1. The molecular weight excluding hydrogens is 260 g/mol. The number of benzene rings is 2. The molecule has 0 spiro atoms. The zero-order valence-electron chi connectivity index (χ0n) is 11.3. The molecule has 1 unspecified atom stereocenters. The van der Waals surface area contributed by atoms with Gasteiger partial charge in [-0.25, -0.2) is 8.78 Å². The lowest BCUT2D eigenvalue weighted by molar-refractivity contribution is 0.0977. The third-order valence-corrected chi connectivity index (χ3v) is 3.13. The van der Waals surface area contributed by atoms with E-state index in [1.54, 1.807) is 43.4 Å². The van der Waals surface area contributed by atoms with Gasteiger partial charge in [0.05, 0.1) is 19.3 Å². The Morgan fingerprint density at radius 3 is 2.30 bits per heavy atom. The van der Waals surface area contributed by atoms with Crippen molar-refractivity contribution in [3.63, 3.8) is 0 Å². The summed E-state index contributed by atoms with van der Waals surface area (Å²) in [6.45, 7) is 0.436. The lowest BCUT2D eigenvalue weighted by Gasteiger charge is -2.17. The van der Waals surface area contributed by atoms with Crippen LogP contribution < -0.4 is 5.32 Å². The fraction of sp³-hybridized carbons (Fsp3) is 0.250. The topological polar surface area (TPSA) is 21.3 Å². The molecule has 0 aliphatic rings. The molecule has 1 N–H and O–H groups in total. The van der Waals surface area contributed by atoms with Gasteiger partial charge in [0.2, 0.25) is 0 Å². The van der Waals surface area contributed by atoms with Crippen molar-refractivity contribution in [1.82, 2.24) is 5.32 Å². The summed E-state index contributed by atoms with van der Waals surface area (Å²) in [5.74, 6) is -0.569. The lowest BCUT2D eigenvalue weighted by Crippen LogP contribution is -2.22. The maximum atomic E-state index is 13.7. The number of rotatable bonds is 6. The van der Waals surface area contributed by atoms with Gasteiger partial charge in [0.25, 0.3) is 0 Å². The fourth-order valence-electron chi connectivity index (χ4n) is 1.99. The molecule has 0 amide bonds. The third kappa shape index (κ3) is 3.62. The Bertz CT molecular complexity index is 560. The summed E-state index contributed by atoms with van der Waals surface area (Å²) in [5.41, 5.74) is 1.04. The monoisotopic (exact) mass is 277 g/mol. The number of ether oxygens (including phenoxy) is 1. The molecule has 2 rings (SSSR count). The van der Waals surface area contributed by atoms with E-state index in [1.165, 1.54) is 12.1 Å². The third-order valence-electron chi connectivity index (χ3n) is 3.13. The van der Waals surface area contributed by atoms with Gasteiger partial charge >= 0.3 is 0 Å². The van der Waals surface area contributed by atoms with Crippen molar-refractivity contribution >= 4 is 0 Å². The molecule has 2 aromatic carbocycles. The molecule has 20 heavy (non-hydrogen) atoms. The summed E-state index contributed by atoms with van der Waals surface area (Å²) >= 11 is 0. The van der Waals surface area contributed by atoms with Gasteiger partial charge in [-0.05, 0) is 19.2 Å². The highest BCUT2D eigenvalue weighted by Crippen LogP contribution is 2.17. The molecule has 1 atom stereocenters. The second kappa shape index (κ2) is 7.12. The zero-order chi connectivity index (χ0) is 14.4. The minimum Gasteiger partial charge on any atom is -0.375 e. The SMILES string of the molecule is CNC(COCc1ccccc1F)c1ccccc1F. The van der Waals surface area contributed by atoms with E-state index in [9.17, 15) is 8.78 Å². The highest BCUT2D eigenvalue weighted by atomic mass is 19.1. The van der Waals surface area contributed by atoms with Crippen LogP contribution in [0.25, 0.3) is 0 Å². The van der Waals surface area contributed by atoms with Crippen molar-refractivity contribution in [2.75, 3.05) is 13.7 Å². The smallest absolute Gasteiger partial charge is 0.128 e. The van der Waals surface area contributed by atoms with Crippen LogP contribution in [0.1, 0.15) is 17.2 Å². The molecule has 106 valence electrons. The van der Waals surface area contributed by atoms with Crippen LogP contribution in [0.3, 0.4) is 0 Å². The van der Waals surface area contributed by atoms with Gasteiger partial charge in [-0.15, -0.1) is 0 Å². The summed E-state index contributed by atoms with van der Waals surface area (Å²) in [5, 5.41) is 3.00. The summed E-state index contributed by atoms with van der Waals surface area (Å²) in [6.07, 6.45) is 0. The van der Waals surface area contributed by atoms with Crippen molar-refractivity contribution in [3.05, 3.63) is 71.3 Å². The van der Waals surface area contributed by atoms with Crippen LogP contribution in [-0.4, -0.2) is 13.7 Å². The van der Waals surface area contributed by atoms with E-state index in [0.29, 0.717) is 11.1 Å². The van der Waals surface area contributed by atoms with E-state index in [2.05, 4.69) is 5.32 Å². The Morgan fingerprint density at radius 2 is 1.65 bits per heavy atom. The van der Waals surface area contributed by atoms with E-state index in [1.807, 2.05) is 0 Å². The van der Waals surface area contributed by atoms with Gasteiger partial charge in [0, 0.05) is 11.1 Å². The molecule has 2 nitrogen and oxygen atoms in total. The Labute approximate surface area is 117 Å². The number of hydrogen-bond acceptors (Lipinski definition) is 2. The minimum atomic E-state index is -0.292. The number of nitrogens with one attached hydrogen (secondary N) is 1. The molecule has 4 heteroatoms. The highest BCUT2D eigenvalue weighted by Gasteiger charge is 2.13. The van der Waals surface area contributed by atoms with Crippen molar-refractivity contribution in [1.29, 1.82) is 0 Å². The van der Waals surface area contributed by atoms with Crippen LogP contribution in [-0.2, 0) is 11.3 Å². The van der Waals surface area contributed by atoms with E-state index in [4.69, 9.17) is 4.74 Å². The molecule has 2 aromatic rings. The van der Waals surface area contributed by atoms with Crippen molar-refractivity contribution in [2.24, 2.45) is 0 Å². The Kier molecular flexibility index (Phi) is 5.21. The fourth-order valence-corrected chi connectivity index (χ4v) is 1.99. The Morgan fingerprint density at radius 1 is 1.00 bits per heavy atom. The first-order valence-electron chi connectivity index (χ1n) is 6.45. The number of likely N-dealkylation sites (N-methyl/N-ethyl adjacent to an activating group) is 1. The Hall–Kier alpha value is -1.78. The van der Waals surface area contributed by atoms with Gasteiger partial charge in [0.15, 0.2) is 0 Å². The van der Waals surface area contributed by atoms with E-state index in [0.717, 1.165) is 0 Å². The molecule has 0 bridgehead atoms. The van der Waals surface area contributed by atoms with Crippen LogP contribution >= 0.6 is 0 Å². The van der Waals surface area contributed by atoms with Crippen LogP contribution in [0.2, 0.25) is 0 Å². The van der Waals surface area contributed by atoms with Crippen LogP contribution in [0.15, 0.2) is 48.5 Å². The maximum Gasteiger partial charge on any atom is 0.128 e. The minimum absolute atomic E-state index is 0.166. The number of halogens is 2. The maximum absolute atomic E-state index is 13.7. The lowest BCUT2D eigenvalue weighted by atomic mass is 10.1. The standard InChI is InChI=1S/C16H17F2NO/c1-19-16(13-7-3-5-9-15(13)18)11-20-10-12-6-2-4-8-14(12)17/h2-9,16,19H,10-11H2,1H3. The molecular formula is C16H17F2NO. The van der Waals surface area contributed by atoms with Crippen LogP contribution in [0.4, 0.5) is 8.78 Å². The average molecular weight is 277 g/mol. The van der Waals surface area contributed by atoms with E-state index < -0.39 is 0 Å². The van der Waals surface area contributed by atoms with E-state index >= 15 is 0 Å². The zero-order valence-corrected chi connectivity index (χ0v) is 11.3. The van der Waals surface area contributed by atoms with Crippen LogP contribution in [0, 0.1) is 11.6 Å². The molecule has 0 aliphatic carbocycles. The first-order chi connectivity index (χ1) is 9.72. The molecule has 0 saturated heterocycles. The quantitative estimate of drug-likeness (QED) is 0.873.